The van der Waals surface area contributed by atoms with E-state index in [0.29, 0.717) is 42.2 Å². The highest BCUT2D eigenvalue weighted by Crippen LogP contribution is 2.34. The van der Waals surface area contributed by atoms with Crippen molar-refractivity contribution in [2.45, 2.75) is 58.6 Å². The van der Waals surface area contributed by atoms with Crippen molar-refractivity contribution in [2.75, 3.05) is 11.9 Å². The Morgan fingerprint density at radius 2 is 1.97 bits per heavy atom. The third-order valence-electron chi connectivity index (χ3n) is 5.30. The first-order valence-corrected chi connectivity index (χ1v) is 10.9. The van der Waals surface area contributed by atoms with E-state index in [-0.39, 0.29) is 6.61 Å². The van der Waals surface area contributed by atoms with E-state index in [0.717, 1.165) is 5.56 Å². The van der Waals surface area contributed by atoms with Gasteiger partial charge in [-0.05, 0) is 5.56 Å². The minimum atomic E-state index is -0.652. The Morgan fingerprint density at radius 1 is 1.18 bits per heavy atom. The summed E-state index contributed by atoms with van der Waals surface area (Å²) in [7, 11) is 0. The van der Waals surface area contributed by atoms with Crippen molar-refractivity contribution in [1.29, 1.82) is 0 Å². The number of nitrogens with zero attached hydrogens (tertiary/aromatic N) is 4. The summed E-state index contributed by atoms with van der Waals surface area (Å²) in [5, 5.41) is 3.36. The fraction of sp³-hybridized carbons (Fsp3) is 0.435. The molecule has 2 unspecified atom stereocenters. The smallest absolute Gasteiger partial charge is 0.303 e. The fourth-order valence-corrected chi connectivity index (χ4v) is 3.81. The second-order valence-electron chi connectivity index (χ2n) is 7.84. The molecule has 3 heterocycles. The zero-order valence-corrected chi connectivity index (χ0v) is 18.9. The summed E-state index contributed by atoms with van der Waals surface area (Å²) in [5.74, 6) is 0.463. The van der Waals surface area contributed by atoms with Crippen LogP contribution in [0.2, 0.25) is 0 Å². The molecule has 10 nitrogen and oxygen atoms in total. The number of ether oxygens (including phenoxy) is 3. The number of imidazole rings is 1. The van der Waals surface area contributed by atoms with Gasteiger partial charge in [0.05, 0.1) is 12.4 Å². The molecule has 0 aliphatic carbocycles. The van der Waals surface area contributed by atoms with Crippen LogP contribution >= 0.6 is 0 Å². The largest absolute Gasteiger partial charge is 0.463 e. The Bertz CT molecular complexity index is 1130. The van der Waals surface area contributed by atoms with Crippen LogP contribution < -0.4 is 5.32 Å². The van der Waals surface area contributed by atoms with Gasteiger partial charge in [-0.15, -0.1) is 0 Å². The van der Waals surface area contributed by atoms with E-state index in [1.54, 1.807) is 10.9 Å². The number of fused-ring (bicyclic) bond motifs is 1. The number of aromatic nitrogens is 4. The summed E-state index contributed by atoms with van der Waals surface area (Å²) in [4.78, 5) is 36.7. The quantitative estimate of drug-likeness (QED) is 0.514. The highest BCUT2D eigenvalue weighted by Gasteiger charge is 2.40. The molecule has 0 spiro atoms. The van der Waals surface area contributed by atoms with Crippen molar-refractivity contribution in [3.8, 4) is 0 Å². The van der Waals surface area contributed by atoms with Crippen LogP contribution in [-0.4, -0.2) is 50.3 Å². The molecule has 1 aromatic carbocycles. The number of hydrogen-bond donors (Lipinski definition) is 1. The van der Waals surface area contributed by atoms with Crippen molar-refractivity contribution in [3.63, 3.8) is 0 Å². The van der Waals surface area contributed by atoms with Gasteiger partial charge in [0.25, 0.3) is 0 Å². The minimum Gasteiger partial charge on any atom is -0.463 e. The van der Waals surface area contributed by atoms with Gasteiger partial charge in [-0.3, -0.25) is 14.2 Å². The summed E-state index contributed by atoms with van der Waals surface area (Å²) in [6.07, 6.45) is 1.00. The number of esters is 2. The van der Waals surface area contributed by atoms with E-state index in [1.165, 1.54) is 13.8 Å². The van der Waals surface area contributed by atoms with E-state index in [1.807, 2.05) is 37.3 Å². The molecule has 3 aromatic rings. The van der Waals surface area contributed by atoms with Gasteiger partial charge in [-0.25, -0.2) is 15.0 Å². The lowest BCUT2D eigenvalue weighted by molar-refractivity contribution is -0.152. The molecule has 4 rings (SSSR count). The molecular weight excluding hydrogens is 426 g/mol. The topological polar surface area (TPSA) is 117 Å². The lowest BCUT2D eigenvalue weighted by Crippen LogP contribution is -2.24. The zero-order valence-electron chi connectivity index (χ0n) is 18.9. The first-order chi connectivity index (χ1) is 15.9. The number of benzene rings is 1. The molecule has 1 aliphatic rings. The Kier molecular flexibility index (Phi) is 6.83. The summed E-state index contributed by atoms with van der Waals surface area (Å²) in [5.41, 5.74) is 2.29. The second-order valence-corrected chi connectivity index (χ2v) is 7.84. The number of hydrogen-bond acceptors (Lipinski definition) is 9. The van der Waals surface area contributed by atoms with Crippen molar-refractivity contribution >= 4 is 28.9 Å². The van der Waals surface area contributed by atoms with Gasteiger partial charge in [-0.2, -0.15) is 0 Å². The normalized spacial score (nSPS) is 20.0. The number of anilines is 1. The highest BCUT2D eigenvalue weighted by atomic mass is 16.6. The molecule has 1 N–H and O–H groups in total. The molecule has 1 aliphatic heterocycles. The average Bonchev–Trinajstić information content (AvgIpc) is 3.39. The van der Waals surface area contributed by atoms with Crippen molar-refractivity contribution in [3.05, 3.63) is 48.0 Å². The Morgan fingerprint density at radius 3 is 2.67 bits per heavy atom. The third kappa shape index (κ3) is 5.28. The highest BCUT2D eigenvalue weighted by molar-refractivity contribution is 5.83. The maximum Gasteiger partial charge on any atom is 0.303 e. The molecule has 0 saturated carbocycles. The van der Waals surface area contributed by atoms with E-state index in [9.17, 15) is 9.59 Å². The van der Waals surface area contributed by atoms with Crippen molar-refractivity contribution < 1.29 is 23.8 Å². The van der Waals surface area contributed by atoms with Crippen LogP contribution in [0, 0.1) is 0 Å². The van der Waals surface area contributed by atoms with Gasteiger partial charge in [0.1, 0.15) is 18.5 Å². The molecule has 1 saturated heterocycles. The summed E-state index contributed by atoms with van der Waals surface area (Å²) >= 11 is 0. The molecule has 174 valence electrons. The number of carbonyl (C=O) groups is 2. The van der Waals surface area contributed by atoms with Crippen molar-refractivity contribution in [2.24, 2.45) is 0 Å². The zero-order chi connectivity index (χ0) is 23.4. The van der Waals surface area contributed by atoms with Crippen molar-refractivity contribution in [1.82, 2.24) is 19.5 Å². The number of carbonyl (C=O) groups excluding carboxylic acids is 2. The molecular formula is C23H27N5O5. The Balaban J connectivity index is 1.64. The number of nitrogens with one attached hydrogen (secondary N) is 1. The van der Waals surface area contributed by atoms with Gasteiger partial charge in [0.15, 0.2) is 23.2 Å². The molecule has 10 heteroatoms. The van der Waals surface area contributed by atoms with Gasteiger partial charge in [-0.1, -0.05) is 37.3 Å². The molecule has 1 fully saturated rings. The van der Waals surface area contributed by atoms with E-state index in [4.69, 9.17) is 14.2 Å². The first-order valence-electron chi connectivity index (χ1n) is 10.9. The molecule has 0 bridgehead atoms. The number of rotatable bonds is 8. The van der Waals surface area contributed by atoms with Gasteiger partial charge in [0, 0.05) is 33.2 Å². The molecule has 0 amide bonds. The van der Waals surface area contributed by atoms with E-state index < -0.39 is 30.4 Å². The van der Waals surface area contributed by atoms with Crippen LogP contribution in [0.25, 0.3) is 11.2 Å². The SMILES string of the molecule is CCc1nc(NCc2ccccc2)c2ncn(C3OC(COC(C)=O)C[C@H]3OC(C)=O)c2n1. The van der Waals surface area contributed by atoms with Gasteiger partial charge < -0.3 is 19.5 Å². The van der Waals surface area contributed by atoms with Crippen LogP contribution in [0.15, 0.2) is 36.7 Å². The van der Waals surface area contributed by atoms with Crippen LogP contribution in [-0.2, 0) is 36.8 Å². The average molecular weight is 453 g/mol. The molecule has 33 heavy (non-hydrogen) atoms. The Labute approximate surface area is 191 Å². The predicted molar refractivity (Wildman–Crippen MR) is 119 cm³/mol. The summed E-state index contributed by atoms with van der Waals surface area (Å²) in [6, 6.07) is 10.0. The number of aryl methyl sites for hydroxylation is 1. The van der Waals surface area contributed by atoms with E-state index in [2.05, 4.69) is 20.3 Å². The predicted octanol–water partition coefficient (Wildman–Crippen LogP) is 2.78. The standard InChI is InChI=1S/C23H27N5O5/c1-4-19-26-21(24-11-16-8-6-5-7-9-16)20-22(27-19)28(13-25-20)23-18(32-15(3)30)10-17(33-23)12-31-14(2)29/h5-9,13,17-18,23H,4,10-12H2,1-3H3,(H,24,26,27)/t17?,18-,23?/m1/s1. The third-order valence-corrected chi connectivity index (χ3v) is 5.30. The monoisotopic (exact) mass is 453 g/mol. The van der Waals surface area contributed by atoms with Crippen LogP contribution in [0.1, 0.15) is 44.8 Å². The van der Waals surface area contributed by atoms with Gasteiger partial charge >= 0.3 is 11.9 Å². The second kappa shape index (κ2) is 9.95. The maximum absolute atomic E-state index is 11.7. The lowest BCUT2D eigenvalue weighted by Gasteiger charge is -2.20. The van der Waals surface area contributed by atoms with E-state index >= 15 is 0 Å². The van der Waals surface area contributed by atoms with Crippen LogP contribution in [0.5, 0.6) is 0 Å². The first kappa shape index (κ1) is 22.7. The summed E-state index contributed by atoms with van der Waals surface area (Å²) < 4.78 is 18.5. The minimum absolute atomic E-state index is 0.0787. The Hall–Kier alpha value is -3.53. The van der Waals surface area contributed by atoms with Crippen LogP contribution in [0.3, 0.4) is 0 Å². The molecule has 0 radical (unpaired) electrons. The fourth-order valence-electron chi connectivity index (χ4n) is 3.81. The maximum atomic E-state index is 11.7. The van der Waals surface area contributed by atoms with Crippen LogP contribution in [0.4, 0.5) is 5.82 Å². The molecule has 2 aromatic heterocycles. The summed E-state index contributed by atoms with van der Waals surface area (Å²) in [6.45, 7) is 5.34. The van der Waals surface area contributed by atoms with Gasteiger partial charge in [0.2, 0.25) is 0 Å². The molecule has 3 atom stereocenters. The lowest BCUT2D eigenvalue weighted by atomic mass is 10.2.